The third-order valence-electron chi connectivity index (χ3n) is 4.71. The molecule has 1 fully saturated rings. The molecule has 1 N–H and O–H groups in total. The van der Waals surface area contributed by atoms with E-state index in [9.17, 15) is 9.59 Å². The van der Waals surface area contributed by atoms with E-state index in [1.54, 1.807) is 11.0 Å². The molecule has 0 saturated carbocycles. The molecule has 138 valence electrons. The van der Waals surface area contributed by atoms with E-state index >= 15 is 0 Å². The Morgan fingerprint density at radius 3 is 2.54 bits per heavy atom. The quantitative estimate of drug-likeness (QED) is 0.862. The van der Waals surface area contributed by atoms with Gasteiger partial charge in [0.1, 0.15) is 12.7 Å². The van der Waals surface area contributed by atoms with Crippen LogP contribution < -0.4 is 5.32 Å². The zero-order valence-corrected chi connectivity index (χ0v) is 15.1. The first-order chi connectivity index (χ1) is 12.7. The van der Waals surface area contributed by atoms with Crippen molar-refractivity contribution in [1.29, 1.82) is 0 Å². The van der Waals surface area contributed by atoms with Gasteiger partial charge in [0.15, 0.2) is 0 Å². The van der Waals surface area contributed by atoms with E-state index in [-0.39, 0.29) is 17.7 Å². The van der Waals surface area contributed by atoms with Gasteiger partial charge in [-0.15, -0.1) is 0 Å². The van der Waals surface area contributed by atoms with Crippen LogP contribution in [0.5, 0.6) is 0 Å². The summed E-state index contributed by atoms with van der Waals surface area (Å²) < 4.78 is 1.75. The van der Waals surface area contributed by atoms with Crippen molar-refractivity contribution in [3.8, 4) is 0 Å². The summed E-state index contributed by atoms with van der Waals surface area (Å²) in [5.41, 5.74) is 1.89. The second kappa shape index (κ2) is 8.60. The van der Waals surface area contributed by atoms with Crippen LogP contribution in [0.25, 0.3) is 0 Å². The average molecular weight is 355 g/mol. The molecule has 0 radical (unpaired) electrons. The standard InChI is InChI=1S/C19H25N5O2/c1-2-3-18(25)23-10-8-16(9-11-23)19(26)22-17-6-4-15(5-7-17)12-24-14-20-13-21-24/h4-7,13-14,16H,2-3,8-12H2,1H3,(H,22,26). The monoisotopic (exact) mass is 355 g/mol. The highest BCUT2D eigenvalue weighted by molar-refractivity contribution is 5.92. The van der Waals surface area contributed by atoms with Gasteiger partial charge in [-0.1, -0.05) is 19.1 Å². The van der Waals surface area contributed by atoms with Crippen molar-refractivity contribution in [2.24, 2.45) is 5.92 Å². The van der Waals surface area contributed by atoms with Gasteiger partial charge in [0.25, 0.3) is 0 Å². The Labute approximate surface area is 153 Å². The Bertz CT molecular complexity index is 719. The van der Waals surface area contributed by atoms with Gasteiger partial charge in [0.05, 0.1) is 6.54 Å². The molecule has 7 heteroatoms. The number of hydrogen-bond acceptors (Lipinski definition) is 4. The molecule has 3 rings (SSSR count). The van der Waals surface area contributed by atoms with Crippen molar-refractivity contribution in [2.75, 3.05) is 18.4 Å². The second-order valence-electron chi connectivity index (χ2n) is 6.68. The third-order valence-corrected chi connectivity index (χ3v) is 4.71. The van der Waals surface area contributed by atoms with Crippen LogP contribution in [0.15, 0.2) is 36.9 Å². The average Bonchev–Trinajstić information content (AvgIpc) is 3.17. The molecule has 1 saturated heterocycles. The number of hydrogen-bond donors (Lipinski definition) is 1. The summed E-state index contributed by atoms with van der Waals surface area (Å²) in [5, 5.41) is 7.07. The number of anilines is 1. The molecule has 0 unspecified atom stereocenters. The second-order valence-corrected chi connectivity index (χ2v) is 6.68. The molecule has 1 aliphatic heterocycles. The molecule has 7 nitrogen and oxygen atoms in total. The third kappa shape index (κ3) is 4.68. The van der Waals surface area contributed by atoms with Crippen LogP contribution in [0.2, 0.25) is 0 Å². The highest BCUT2D eigenvalue weighted by Crippen LogP contribution is 2.20. The Morgan fingerprint density at radius 1 is 1.19 bits per heavy atom. The predicted octanol–water partition coefficient (Wildman–Crippen LogP) is 2.30. The maximum atomic E-state index is 12.5. The number of rotatable bonds is 6. The molecule has 1 aliphatic rings. The lowest BCUT2D eigenvalue weighted by Crippen LogP contribution is -2.41. The molecule has 1 aromatic carbocycles. The fourth-order valence-corrected chi connectivity index (χ4v) is 3.20. The van der Waals surface area contributed by atoms with E-state index in [0.717, 1.165) is 30.5 Å². The minimum atomic E-state index is -0.0319. The van der Waals surface area contributed by atoms with E-state index in [1.165, 1.54) is 6.33 Å². The molecule has 2 heterocycles. The fraction of sp³-hybridized carbons (Fsp3) is 0.474. The minimum Gasteiger partial charge on any atom is -0.343 e. The molecule has 1 aromatic heterocycles. The lowest BCUT2D eigenvalue weighted by Gasteiger charge is -2.31. The first-order valence-corrected chi connectivity index (χ1v) is 9.15. The largest absolute Gasteiger partial charge is 0.343 e. The topological polar surface area (TPSA) is 80.1 Å². The molecule has 0 bridgehead atoms. The van der Waals surface area contributed by atoms with Crippen LogP contribution in [-0.4, -0.2) is 44.6 Å². The molecule has 2 aromatic rings. The maximum absolute atomic E-state index is 12.5. The Balaban J connectivity index is 1.48. The number of nitrogens with one attached hydrogen (secondary N) is 1. The van der Waals surface area contributed by atoms with E-state index in [1.807, 2.05) is 36.1 Å². The van der Waals surface area contributed by atoms with E-state index in [0.29, 0.717) is 26.1 Å². The lowest BCUT2D eigenvalue weighted by atomic mass is 9.95. The van der Waals surface area contributed by atoms with Crippen molar-refractivity contribution in [3.05, 3.63) is 42.5 Å². The number of amides is 2. The first kappa shape index (κ1) is 18.1. The minimum absolute atomic E-state index is 0.0319. The van der Waals surface area contributed by atoms with E-state index < -0.39 is 0 Å². The van der Waals surface area contributed by atoms with Gasteiger partial charge in [-0.2, -0.15) is 5.10 Å². The summed E-state index contributed by atoms with van der Waals surface area (Å²) in [6, 6.07) is 7.76. The smallest absolute Gasteiger partial charge is 0.227 e. The van der Waals surface area contributed by atoms with Gasteiger partial charge in [0.2, 0.25) is 11.8 Å². The summed E-state index contributed by atoms with van der Waals surface area (Å²) in [6.07, 6.45) is 6.10. The van der Waals surface area contributed by atoms with Crippen molar-refractivity contribution < 1.29 is 9.59 Å². The lowest BCUT2D eigenvalue weighted by molar-refractivity contribution is -0.134. The first-order valence-electron chi connectivity index (χ1n) is 9.15. The van der Waals surface area contributed by atoms with Gasteiger partial charge in [-0.3, -0.25) is 9.59 Å². The van der Waals surface area contributed by atoms with Crippen LogP contribution >= 0.6 is 0 Å². The highest BCUT2D eigenvalue weighted by Gasteiger charge is 2.26. The number of carbonyl (C=O) groups excluding carboxylic acids is 2. The van der Waals surface area contributed by atoms with Crippen molar-refractivity contribution >= 4 is 17.5 Å². The summed E-state index contributed by atoms with van der Waals surface area (Å²) in [4.78, 5) is 30.2. The van der Waals surface area contributed by atoms with Crippen LogP contribution in [0.1, 0.15) is 38.2 Å². The van der Waals surface area contributed by atoms with E-state index in [4.69, 9.17) is 0 Å². The Hall–Kier alpha value is -2.70. The molecule has 0 atom stereocenters. The highest BCUT2D eigenvalue weighted by atomic mass is 16.2. The van der Waals surface area contributed by atoms with Crippen molar-refractivity contribution in [3.63, 3.8) is 0 Å². The summed E-state index contributed by atoms with van der Waals surface area (Å²) in [5.74, 6) is 0.210. The maximum Gasteiger partial charge on any atom is 0.227 e. The number of carbonyl (C=O) groups is 2. The number of piperidine rings is 1. The molecular formula is C19H25N5O2. The predicted molar refractivity (Wildman–Crippen MR) is 98.4 cm³/mol. The molecular weight excluding hydrogens is 330 g/mol. The number of likely N-dealkylation sites (tertiary alicyclic amines) is 1. The number of benzene rings is 1. The van der Waals surface area contributed by atoms with Gasteiger partial charge >= 0.3 is 0 Å². The van der Waals surface area contributed by atoms with Crippen molar-refractivity contribution in [2.45, 2.75) is 39.2 Å². The summed E-state index contributed by atoms with van der Waals surface area (Å²) in [6.45, 7) is 4.01. The molecule has 0 aliphatic carbocycles. The van der Waals surface area contributed by atoms with Crippen LogP contribution in [0, 0.1) is 5.92 Å². The fourth-order valence-electron chi connectivity index (χ4n) is 3.20. The van der Waals surface area contributed by atoms with Gasteiger partial charge in [-0.25, -0.2) is 9.67 Å². The molecule has 26 heavy (non-hydrogen) atoms. The van der Waals surface area contributed by atoms with Crippen LogP contribution in [-0.2, 0) is 16.1 Å². The summed E-state index contributed by atoms with van der Waals surface area (Å²) >= 11 is 0. The normalized spacial score (nSPS) is 15.0. The summed E-state index contributed by atoms with van der Waals surface area (Å²) in [7, 11) is 0. The Morgan fingerprint density at radius 2 is 1.92 bits per heavy atom. The van der Waals surface area contributed by atoms with Crippen molar-refractivity contribution in [1.82, 2.24) is 19.7 Å². The van der Waals surface area contributed by atoms with Gasteiger partial charge in [-0.05, 0) is 37.0 Å². The zero-order chi connectivity index (χ0) is 18.4. The van der Waals surface area contributed by atoms with Gasteiger partial charge < -0.3 is 10.2 Å². The molecule has 2 amide bonds. The van der Waals surface area contributed by atoms with Crippen LogP contribution in [0.3, 0.4) is 0 Å². The number of nitrogens with zero attached hydrogens (tertiary/aromatic N) is 4. The Kier molecular flexibility index (Phi) is 5.99. The van der Waals surface area contributed by atoms with E-state index in [2.05, 4.69) is 15.4 Å². The number of aromatic nitrogens is 3. The molecule has 0 spiro atoms. The SMILES string of the molecule is CCCC(=O)N1CCC(C(=O)Nc2ccc(Cn3cncn3)cc2)CC1. The van der Waals surface area contributed by atoms with Crippen LogP contribution in [0.4, 0.5) is 5.69 Å². The zero-order valence-electron chi connectivity index (χ0n) is 15.1. The van der Waals surface area contributed by atoms with Gasteiger partial charge in [0, 0.05) is 31.1 Å².